The van der Waals surface area contributed by atoms with E-state index in [0.717, 1.165) is 31.8 Å². The number of nitrogens with one attached hydrogen (secondary N) is 1. The normalized spacial score (nSPS) is 11.1. The van der Waals surface area contributed by atoms with E-state index < -0.39 is 0 Å². The fourth-order valence-corrected chi connectivity index (χ4v) is 4.26. The molecule has 170 valence electrons. The molecule has 1 heteroatoms. The topological polar surface area (TPSA) is 12.0 Å². The van der Waals surface area contributed by atoms with Crippen LogP contribution in [-0.4, -0.2) is 6.54 Å². The van der Waals surface area contributed by atoms with Gasteiger partial charge in [-0.15, -0.1) is 13.2 Å². The molecule has 0 atom stereocenters. The highest BCUT2D eigenvalue weighted by atomic mass is 14.8. The molecular weight excluding hydrogens is 362 g/mol. The van der Waals surface area contributed by atoms with Crippen molar-refractivity contribution in [2.75, 3.05) is 6.54 Å². The second kappa shape index (κ2) is 20.9. The van der Waals surface area contributed by atoms with Crippen LogP contribution in [0.3, 0.4) is 0 Å². The summed E-state index contributed by atoms with van der Waals surface area (Å²) >= 11 is 0. The molecule has 0 aliphatic heterocycles. The Kier molecular flexibility index (Phi) is 18.6. The van der Waals surface area contributed by atoms with Gasteiger partial charge in [-0.1, -0.05) is 120 Å². The lowest BCUT2D eigenvalue weighted by Crippen LogP contribution is -2.14. The molecule has 0 spiro atoms. The summed E-state index contributed by atoms with van der Waals surface area (Å²) in [6.07, 6.45) is 26.2. The van der Waals surface area contributed by atoms with E-state index in [1.54, 1.807) is 0 Å². The largest absolute Gasteiger partial charge is 0.313 e. The van der Waals surface area contributed by atoms with Gasteiger partial charge in [0.25, 0.3) is 0 Å². The Hall–Kier alpha value is -1.34. The predicted molar refractivity (Wildman–Crippen MR) is 136 cm³/mol. The number of hydrogen-bond donors (Lipinski definition) is 1. The number of allylic oxidation sites excluding steroid dienone is 2. The summed E-state index contributed by atoms with van der Waals surface area (Å²) in [7, 11) is 0. The number of rotatable bonds is 22. The van der Waals surface area contributed by atoms with Crippen LogP contribution in [0.15, 0.2) is 55.6 Å². The molecule has 1 aromatic rings. The van der Waals surface area contributed by atoms with Crippen molar-refractivity contribution in [3.05, 3.63) is 61.2 Å². The molecule has 1 N–H and O–H groups in total. The summed E-state index contributed by atoms with van der Waals surface area (Å²) < 4.78 is 0. The number of benzene rings is 1. The summed E-state index contributed by atoms with van der Waals surface area (Å²) in [6.45, 7) is 9.92. The third-order valence-electron chi connectivity index (χ3n) is 6.14. The van der Waals surface area contributed by atoms with Gasteiger partial charge in [0.2, 0.25) is 0 Å². The lowest BCUT2D eigenvalue weighted by atomic mass is 9.94. The second-order valence-electron chi connectivity index (χ2n) is 8.96. The van der Waals surface area contributed by atoms with Gasteiger partial charge >= 0.3 is 0 Å². The van der Waals surface area contributed by atoms with Crippen molar-refractivity contribution in [2.24, 2.45) is 5.92 Å². The van der Waals surface area contributed by atoms with Crippen molar-refractivity contribution in [3.8, 4) is 0 Å². The molecule has 1 rings (SSSR count). The molecule has 30 heavy (non-hydrogen) atoms. The fourth-order valence-electron chi connectivity index (χ4n) is 4.26. The summed E-state index contributed by atoms with van der Waals surface area (Å²) in [5, 5.41) is 3.55. The minimum atomic E-state index is 0.783. The van der Waals surface area contributed by atoms with Crippen molar-refractivity contribution < 1.29 is 0 Å². The van der Waals surface area contributed by atoms with Gasteiger partial charge in [0, 0.05) is 6.54 Å². The molecule has 0 aliphatic rings. The van der Waals surface area contributed by atoms with E-state index in [4.69, 9.17) is 0 Å². The highest BCUT2D eigenvalue weighted by molar-refractivity contribution is 5.14. The number of unbranched alkanes of at least 4 members (excludes halogenated alkanes) is 12. The maximum absolute atomic E-state index is 3.88. The van der Waals surface area contributed by atoms with Crippen molar-refractivity contribution in [1.29, 1.82) is 0 Å². The first-order chi connectivity index (χ1) is 14.9. The van der Waals surface area contributed by atoms with Gasteiger partial charge in [-0.2, -0.15) is 0 Å². The van der Waals surface area contributed by atoms with Crippen LogP contribution >= 0.6 is 0 Å². The Morgan fingerprint density at radius 2 is 1.10 bits per heavy atom. The zero-order chi connectivity index (χ0) is 21.5. The van der Waals surface area contributed by atoms with Crippen LogP contribution in [0, 0.1) is 5.92 Å². The van der Waals surface area contributed by atoms with Crippen LogP contribution in [0.2, 0.25) is 0 Å². The first kappa shape index (κ1) is 26.7. The van der Waals surface area contributed by atoms with Gasteiger partial charge < -0.3 is 5.32 Å². The van der Waals surface area contributed by atoms with Crippen LogP contribution < -0.4 is 5.32 Å². The summed E-state index contributed by atoms with van der Waals surface area (Å²) in [4.78, 5) is 0. The van der Waals surface area contributed by atoms with E-state index in [0.29, 0.717) is 0 Å². The molecular formula is C29H49N. The molecule has 0 aliphatic carbocycles. The third kappa shape index (κ3) is 16.5. The third-order valence-corrected chi connectivity index (χ3v) is 6.14. The lowest BCUT2D eigenvalue weighted by Gasteiger charge is -2.12. The maximum Gasteiger partial charge on any atom is 0.0205 e. The molecule has 1 aromatic carbocycles. The Balaban J connectivity index is 1.74. The van der Waals surface area contributed by atoms with Crippen LogP contribution in [0.4, 0.5) is 0 Å². The molecule has 0 amide bonds. The Morgan fingerprint density at radius 3 is 1.60 bits per heavy atom. The van der Waals surface area contributed by atoms with Gasteiger partial charge in [0.15, 0.2) is 0 Å². The quantitative estimate of drug-likeness (QED) is 0.148. The van der Waals surface area contributed by atoms with E-state index >= 15 is 0 Å². The van der Waals surface area contributed by atoms with Crippen molar-refractivity contribution in [3.63, 3.8) is 0 Å². The van der Waals surface area contributed by atoms with E-state index in [9.17, 15) is 0 Å². The van der Waals surface area contributed by atoms with Crippen LogP contribution in [0.5, 0.6) is 0 Å². The van der Waals surface area contributed by atoms with Gasteiger partial charge in [-0.05, 0) is 43.7 Å². The van der Waals surface area contributed by atoms with E-state index in [2.05, 4.69) is 61.0 Å². The monoisotopic (exact) mass is 411 g/mol. The number of hydrogen-bond acceptors (Lipinski definition) is 1. The SMILES string of the molecule is C=CCC(CC=C)CCCCCCCCCCCCCCCNCc1ccccc1. The zero-order valence-electron chi connectivity index (χ0n) is 19.8. The molecule has 0 heterocycles. The van der Waals surface area contributed by atoms with Crippen molar-refractivity contribution in [1.82, 2.24) is 5.32 Å². The van der Waals surface area contributed by atoms with Crippen molar-refractivity contribution in [2.45, 2.75) is 109 Å². The fraction of sp³-hybridized carbons (Fsp3) is 0.655. The molecule has 0 saturated heterocycles. The minimum Gasteiger partial charge on any atom is -0.313 e. The average Bonchev–Trinajstić information content (AvgIpc) is 2.77. The van der Waals surface area contributed by atoms with E-state index in [-0.39, 0.29) is 0 Å². The van der Waals surface area contributed by atoms with Gasteiger partial charge in [-0.25, -0.2) is 0 Å². The average molecular weight is 412 g/mol. The summed E-state index contributed by atoms with van der Waals surface area (Å²) in [6, 6.07) is 10.7. The molecule has 0 aromatic heterocycles. The van der Waals surface area contributed by atoms with Crippen molar-refractivity contribution >= 4 is 0 Å². The highest BCUT2D eigenvalue weighted by Gasteiger charge is 2.04. The molecule has 0 bridgehead atoms. The molecule has 1 nitrogen and oxygen atoms in total. The lowest BCUT2D eigenvalue weighted by molar-refractivity contribution is 0.456. The summed E-state index contributed by atoms with van der Waals surface area (Å²) in [5.41, 5.74) is 1.39. The van der Waals surface area contributed by atoms with E-state index in [1.165, 1.54) is 95.5 Å². The molecule has 0 saturated carbocycles. The maximum atomic E-state index is 3.88. The minimum absolute atomic E-state index is 0.783. The van der Waals surface area contributed by atoms with Gasteiger partial charge in [0.05, 0.1) is 0 Å². The zero-order valence-corrected chi connectivity index (χ0v) is 19.8. The smallest absolute Gasteiger partial charge is 0.0205 e. The first-order valence-electron chi connectivity index (χ1n) is 12.8. The van der Waals surface area contributed by atoms with Gasteiger partial charge in [0.1, 0.15) is 0 Å². The van der Waals surface area contributed by atoms with Crippen LogP contribution in [-0.2, 0) is 6.54 Å². The van der Waals surface area contributed by atoms with Crippen LogP contribution in [0.25, 0.3) is 0 Å². The van der Waals surface area contributed by atoms with Gasteiger partial charge in [-0.3, -0.25) is 0 Å². The van der Waals surface area contributed by atoms with E-state index in [1.807, 2.05) is 0 Å². The summed E-state index contributed by atoms with van der Waals surface area (Å²) in [5.74, 6) is 0.783. The molecule has 0 fully saturated rings. The van der Waals surface area contributed by atoms with Crippen LogP contribution in [0.1, 0.15) is 108 Å². The Labute approximate surface area is 188 Å². The Morgan fingerprint density at radius 1 is 0.633 bits per heavy atom. The first-order valence-corrected chi connectivity index (χ1v) is 12.8. The second-order valence-corrected chi connectivity index (χ2v) is 8.96. The Bertz CT molecular complexity index is 482. The molecule has 0 unspecified atom stereocenters. The standard InChI is InChI=1S/C29H49N/c1-3-21-28(22-4-2)23-17-14-12-10-8-6-5-7-9-11-13-15-20-26-30-27-29-24-18-16-19-25-29/h3-4,16,18-19,24-25,28,30H,1-2,5-15,17,20-23,26-27H2. The molecule has 0 radical (unpaired) electrons. The highest BCUT2D eigenvalue weighted by Crippen LogP contribution is 2.19. The predicted octanol–water partition coefficient (Wildman–Crippen LogP) is 9.01.